The number of hydrogen-bond donors (Lipinski definition) is 3. The first kappa shape index (κ1) is 22.6. The summed E-state index contributed by atoms with van der Waals surface area (Å²) in [5, 5.41) is 2.70. The predicted molar refractivity (Wildman–Crippen MR) is 115 cm³/mol. The van der Waals surface area contributed by atoms with Crippen LogP contribution in [-0.4, -0.2) is 50.9 Å². The number of aromatic nitrogens is 2. The molecule has 1 aromatic rings. The molecule has 170 valence electrons. The van der Waals surface area contributed by atoms with E-state index in [1.807, 2.05) is 13.8 Å². The maximum atomic E-state index is 13.1. The van der Waals surface area contributed by atoms with E-state index < -0.39 is 41.2 Å². The highest BCUT2D eigenvalue weighted by Crippen LogP contribution is 2.42. The van der Waals surface area contributed by atoms with E-state index in [9.17, 15) is 24.0 Å². The number of nitrogen functional groups attached to an aromatic ring is 1. The minimum atomic E-state index is -1.00. The van der Waals surface area contributed by atoms with Crippen molar-refractivity contribution in [3.8, 4) is 0 Å². The Bertz CT molecular complexity index is 1010. The molecule has 11 nitrogen and oxygen atoms in total. The molecule has 1 saturated carbocycles. The van der Waals surface area contributed by atoms with Crippen LogP contribution in [0.2, 0.25) is 0 Å². The highest BCUT2D eigenvalue weighted by Gasteiger charge is 2.56. The van der Waals surface area contributed by atoms with Gasteiger partial charge in [0.2, 0.25) is 5.91 Å². The number of nitrogens with two attached hydrogens (primary N) is 1. The van der Waals surface area contributed by atoms with Gasteiger partial charge >= 0.3 is 11.7 Å². The average Bonchev–Trinajstić information content (AvgIpc) is 3.53. The molecule has 4 N–H and O–H groups in total. The molecule has 1 aromatic heterocycles. The number of nitrogens with one attached hydrogen (secondary N) is 2. The molecule has 1 aliphatic heterocycles. The molecule has 0 radical (unpaired) electrons. The Kier molecular flexibility index (Phi) is 6.23. The molecule has 4 amide bonds. The molecule has 2 heterocycles. The summed E-state index contributed by atoms with van der Waals surface area (Å²) >= 11 is 0. The van der Waals surface area contributed by atoms with Crippen molar-refractivity contribution in [1.82, 2.24) is 19.8 Å². The second-order valence-corrected chi connectivity index (χ2v) is 8.34. The Morgan fingerprint density at radius 2 is 1.87 bits per heavy atom. The van der Waals surface area contributed by atoms with E-state index in [4.69, 9.17) is 5.73 Å². The van der Waals surface area contributed by atoms with Crippen LogP contribution in [-0.2, 0) is 16.1 Å². The van der Waals surface area contributed by atoms with Crippen LogP contribution in [0.15, 0.2) is 9.59 Å². The van der Waals surface area contributed by atoms with Crippen molar-refractivity contribution in [2.45, 2.75) is 65.0 Å². The normalized spacial score (nSPS) is 20.8. The number of carbonyl (C=O) groups excluding carboxylic acids is 3. The minimum Gasteiger partial charge on any atom is -0.383 e. The smallest absolute Gasteiger partial charge is 0.330 e. The fraction of sp³-hybridized carbons (Fsp3) is 0.650. The molecule has 2 aliphatic rings. The number of unbranched alkanes of at least 4 members (excludes halogenated alkanes) is 1. The molecular formula is C20H30N6O5. The first-order chi connectivity index (χ1) is 14.7. The topological polar surface area (TPSA) is 151 Å². The van der Waals surface area contributed by atoms with Crippen molar-refractivity contribution in [2.24, 2.45) is 5.92 Å². The van der Waals surface area contributed by atoms with Gasteiger partial charge in [-0.3, -0.25) is 28.8 Å². The number of nitrogens with zero attached hydrogens (tertiary/aromatic N) is 3. The Morgan fingerprint density at radius 3 is 2.45 bits per heavy atom. The largest absolute Gasteiger partial charge is 0.383 e. The number of carbonyl (C=O) groups is 3. The first-order valence-corrected chi connectivity index (χ1v) is 10.7. The molecular weight excluding hydrogens is 404 g/mol. The van der Waals surface area contributed by atoms with Crippen molar-refractivity contribution in [3.05, 3.63) is 20.8 Å². The van der Waals surface area contributed by atoms with Gasteiger partial charge in [-0.1, -0.05) is 20.3 Å². The molecule has 0 spiro atoms. The van der Waals surface area contributed by atoms with Crippen LogP contribution in [0.4, 0.5) is 16.3 Å². The van der Waals surface area contributed by atoms with Gasteiger partial charge in [-0.15, -0.1) is 0 Å². The Morgan fingerprint density at radius 1 is 1.19 bits per heavy atom. The molecule has 0 bridgehead atoms. The quantitative estimate of drug-likeness (QED) is 0.478. The lowest BCUT2D eigenvalue weighted by Gasteiger charge is -2.26. The highest BCUT2D eigenvalue weighted by atomic mass is 16.2. The number of H-pyrrole nitrogens is 1. The van der Waals surface area contributed by atoms with Crippen molar-refractivity contribution in [3.63, 3.8) is 0 Å². The fourth-order valence-electron chi connectivity index (χ4n) is 3.98. The SMILES string of the molecule is CCCCn1c(N)c(N(CCC)C(=O)CN2C(=O)N[C@@](C)(C3CC3)C2=O)c(=O)[nH]c1=O. The second-order valence-electron chi connectivity index (χ2n) is 8.34. The monoisotopic (exact) mass is 434 g/mol. The van der Waals surface area contributed by atoms with Crippen molar-refractivity contribution < 1.29 is 14.4 Å². The van der Waals surface area contributed by atoms with E-state index in [-0.39, 0.29) is 24.0 Å². The number of hydrogen-bond acceptors (Lipinski definition) is 6. The maximum Gasteiger partial charge on any atom is 0.330 e. The van der Waals surface area contributed by atoms with Gasteiger partial charge in [0.25, 0.3) is 11.5 Å². The standard InChI is InChI=1S/C20H30N6O5/c1-4-6-10-25-15(21)14(16(28)22-18(25)30)24(9-5-2)13(27)11-26-17(29)20(3,12-7-8-12)23-19(26)31/h12H,4-11,21H2,1-3H3,(H,23,31)(H,22,28,30)/t20-/m0/s1. The van der Waals surface area contributed by atoms with Crippen LogP contribution in [0.5, 0.6) is 0 Å². The van der Waals surface area contributed by atoms with Gasteiger partial charge < -0.3 is 16.0 Å². The molecule has 0 aromatic carbocycles. The zero-order valence-corrected chi connectivity index (χ0v) is 18.2. The van der Waals surface area contributed by atoms with E-state index in [1.165, 1.54) is 4.57 Å². The summed E-state index contributed by atoms with van der Waals surface area (Å²) in [7, 11) is 0. The van der Waals surface area contributed by atoms with Crippen molar-refractivity contribution >= 4 is 29.4 Å². The van der Waals surface area contributed by atoms with Crippen LogP contribution >= 0.6 is 0 Å². The van der Waals surface area contributed by atoms with E-state index in [2.05, 4.69) is 10.3 Å². The molecule has 1 saturated heterocycles. The van der Waals surface area contributed by atoms with E-state index >= 15 is 0 Å². The third-order valence-electron chi connectivity index (χ3n) is 5.96. The molecule has 2 fully saturated rings. The van der Waals surface area contributed by atoms with E-state index in [1.54, 1.807) is 6.92 Å². The van der Waals surface area contributed by atoms with Gasteiger partial charge in [-0.2, -0.15) is 0 Å². The average molecular weight is 434 g/mol. The summed E-state index contributed by atoms with van der Waals surface area (Å²) in [5.74, 6) is -1.11. The Balaban J connectivity index is 1.91. The summed E-state index contributed by atoms with van der Waals surface area (Å²) in [6, 6.07) is -0.626. The minimum absolute atomic E-state index is 0.0661. The summed E-state index contributed by atoms with van der Waals surface area (Å²) in [6.07, 6.45) is 3.66. The van der Waals surface area contributed by atoms with Gasteiger partial charge in [0, 0.05) is 13.1 Å². The summed E-state index contributed by atoms with van der Waals surface area (Å²) < 4.78 is 1.23. The second kappa shape index (κ2) is 8.56. The van der Waals surface area contributed by atoms with Gasteiger partial charge in [-0.05, 0) is 38.5 Å². The van der Waals surface area contributed by atoms with Crippen LogP contribution in [0.3, 0.4) is 0 Å². The lowest BCUT2D eigenvalue weighted by molar-refractivity contribution is -0.134. The van der Waals surface area contributed by atoms with Gasteiger partial charge in [0.1, 0.15) is 17.9 Å². The van der Waals surface area contributed by atoms with Gasteiger partial charge in [0.05, 0.1) is 0 Å². The van der Waals surface area contributed by atoms with Crippen molar-refractivity contribution in [1.29, 1.82) is 0 Å². The van der Waals surface area contributed by atoms with Crippen LogP contribution in [0.25, 0.3) is 0 Å². The number of imide groups is 1. The Hall–Kier alpha value is -3.11. The maximum absolute atomic E-state index is 13.1. The third kappa shape index (κ3) is 4.08. The number of aromatic amines is 1. The molecule has 31 heavy (non-hydrogen) atoms. The molecule has 1 atom stereocenters. The molecule has 0 unspecified atom stereocenters. The predicted octanol–water partition coefficient (Wildman–Crippen LogP) is 0.382. The van der Waals surface area contributed by atoms with Crippen LogP contribution in [0, 0.1) is 5.92 Å². The van der Waals surface area contributed by atoms with Crippen LogP contribution in [0.1, 0.15) is 52.9 Å². The zero-order chi connectivity index (χ0) is 22.9. The van der Waals surface area contributed by atoms with Crippen molar-refractivity contribution in [2.75, 3.05) is 23.7 Å². The molecule has 3 rings (SSSR count). The fourth-order valence-corrected chi connectivity index (χ4v) is 3.98. The Labute approximate surface area is 179 Å². The van der Waals surface area contributed by atoms with E-state index in [0.29, 0.717) is 19.4 Å². The van der Waals surface area contributed by atoms with Gasteiger partial charge in [-0.25, -0.2) is 9.59 Å². The third-order valence-corrected chi connectivity index (χ3v) is 5.96. The lowest BCUT2D eigenvalue weighted by atomic mass is 9.96. The number of anilines is 2. The van der Waals surface area contributed by atoms with E-state index in [0.717, 1.165) is 29.1 Å². The molecule has 1 aliphatic carbocycles. The number of urea groups is 1. The molecule has 11 heteroatoms. The first-order valence-electron chi connectivity index (χ1n) is 10.7. The van der Waals surface area contributed by atoms with Gasteiger partial charge in [0.15, 0.2) is 5.69 Å². The summed E-state index contributed by atoms with van der Waals surface area (Å²) in [4.78, 5) is 67.5. The van der Waals surface area contributed by atoms with Crippen LogP contribution < -0.4 is 27.2 Å². The lowest BCUT2D eigenvalue weighted by Crippen LogP contribution is -2.48. The zero-order valence-electron chi connectivity index (χ0n) is 18.2. The number of rotatable bonds is 9. The number of amides is 4. The highest BCUT2D eigenvalue weighted by molar-refractivity contribution is 6.10. The summed E-state index contributed by atoms with van der Waals surface area (Å²) in [6.45, 7) is 5.36. The summed E-state index contributed by atoms with van der Waals surface area (Å²) in [5.41, 5.74) is 3.57.